The lowest BCUT2D eigenvalue weighted by Gasteiger charge is -2.12. The first kappa shape index (κ1) is 21.8. The van der Waals surface area contributed by atoms with Crippen molar-refractivity contribution >= 4 is 11.7 Å². The minimum Gasteiger partial charge on any atom is -0.494 e. The van der Waals surface area contributed by atoms with E-state index in [0.29, 0.717) is 37.2 Å². The van der Waals surface area contributed by atoms with Crippen molar-refractivity contribution in [1.82, 2.24) is 4.73 Å². The van der Waals surface area contributed by atoms with E-state index in [-0.39, 0.29) is 0 Å². The molecule has 7 heteroatoms. The molecule has 0 saturated heterocycles. The average Bonchev–Trinajstić information content (AvgIpc) is 3.08. The Balaban J connectivity index is 1.31. The smallest absolute Gasteiger partial charge is 0.494 e. The van der Waals surface area contributed by atoms with Crippen molar-refractivity contribution in [1.29, 1.82) is 0 Å². The Morgan fingerprint density at radius 1 is 1.00 bits per heavy atom. The summed E-state index contributed by atoms with van der Waals surface area (Å²) in [5, 5.41) is 9.72. The van der Waals surface area contributed by atoms with Crippen molar-refractivity contribution in [2.75, 3.05) is 20.3 Å². The molecule has 0 bridgehead atoms. The number of ether oxygens (including phenoxy) is 3. The van der Waals surface area contributed by atoms with Gasteiger partial charge in [0.15, 0.2) is 5.49 Å². The van der Waals surface area contributed by atoms with Gasteiger partial charge in [-0.3, -0.25) is 4.99 Å². The molecular weight excluding hydrogens is 432 g/mol. The molecule has 34 heavy (non-hydrogen) atoms. The highest BCUT2D eigenvalue weighted by atomic mass is 16.7. The van der Waals surface area contributed by atoms with E-state index >= 15 is 0 Å². The standard InChI is InChI=1S/C27H26N2O5/c1-32-27(30)34-24-17-20-7-4-6-19-14-21-15-22(10-9-18(21)16-23(24)26(19)20)33-13-5-11-28-25-8-2-3-12-29(25)31/h2-4,6-10,12,15,31H,5,11,13-14,16-17H2,1H3. The number of aromatic nitrogens is 1. The molecule has 0 saturated carbocycles. The Bertz CT molecular complexity index is 1340. The van der Waals surface area contributed by atoms with Crippen molar-refractivity contribution in [3.05, 3.63) is 99.9 Å². The predicted octanol–water partition coefficient (Wildman–Crippen LogP) is 4.29. The number of methoxy groups -OCH3 is 1. The van der Waals surface area contributed by atoms with E-state index in [9.17, 15) is 10.0 Å². The zero-order chi connectivity index (χ0) is 23.5. The van der Waals surface area contributed by atoms with Gasteiger partial charge < -0.3 is 19.4 Å². The molecule has 0 amide bonds. The SMILES string of the molecule is COC(=O)OC1=C2Cc3ccc(OCCCN=c4ccccn4O)cc3Cc3cccc(c32)C1. The van der Waals surface area contributed by atoms with Gasteiger partial charge in [-0.15, -0.1) is 0 Å². The van der Waals surface area contributed by atoms with Crippen molar-refractivity contribution in [3.63, 3.8) is 0 Å². The normalized spacial score (nSPS) is 14.3. The number of pyridine rings is 1. The molecule has 1 N–H and O–H groups in total. The molecule has 7 nitrogen and oxygen atoms in total. The molecule has 5 rings (SSSR count). The molecule has 174 valence electrons. The second kappa shape index (κ2) is 9.47. The van der Waals surface area contributed by atoms with Crippen molar-refractivity contribution < 1.29 is 24.2 Å². The van der Waals surface area contributed by atoms with Crippen LogP contribution in [0.2, 0.25) is 0 Å². The number of carbonyl (C=O) groups is 1. The highest BCUT2D eigenvalue weighted by molar-refractivity contribution is 5.82. The van der Waals surface area contributed by atoms with Crippen LogP contribution in [0.25, 0.3) is 5.57 Å². The molecule has 0 fully saturated rings. The summed E-state index contributed by atoms with van der Waals surface area (Å²) in [7, 11) is 1.32. The van der Waals surface area contributed by atoms with Gasteiger partial charge in [0.1, 0.15) is 11.5 Å². The van der Waals surface area contributed by atoms with Crippen LogP contribution in [0.1, 0.15) is 34.2 Å². The summed E-state index contributed by atoms with van der Waals surface area (Å²) < 4.78 is 17.2. The molecule has 2 aliphatic rings. The minimum absolute atomic E-state index is 0.520. The molecular formula is C27H26N2O5. The van der Waals surface area contributed by atoms with Gasteiger partial charge >= 0.3 is 6.16 Å². The van der Waals surface area contributed by atoms with Crippen LogP contribution in [0, 0.1) is 0 Å². The summed E-state index contributed by atoms with van der Waals surface area (Å²) >= 11 is 0. The summed E-state index contributed by atoms with van der Waals surface area (Å²) in [6.45, 7) is 1.09. The number of nitrogens with zero attached hydrogens (tertiary/aromatic N) is 2. The van der Waals surface area contributed by atoms with Crippen LogP contribution in [0.3, 0.4) is 0 Å². The minimum atomic E-state index is -0.683. The van der Waals surface area contributed by atoms with Crippen molar-refractivity contribution in [2.24, 2.45) is 4.99 Å². The number of fused-ring (bicyclic) bond motifs is 1. The van der Waals surface area contributed by atoms with Crippen LogP contribution in [-0.2, 0) is 28.7 Å². The van der Waals surface area contributed by atoms with Crippen LogP contribution in [0.4, 0.5) is 4.79 Å². The lowest BCUT2D eigenvalue weighted by atomic mass is 9.97. The summed E-state index contributed by atoms with van der Waals surface area (Å²) in [4.78, 5) is 16.2. The zero-order valence-electron chi connectivity index (χ0n) is 19.0. The van der Waals surface area contributed by atoms with E-state index in [0.717, 1.165) is 28.9 Å². The van der Waals surface area contributed by atoms with Crippen LogP contribution >= 0.6 is 0 Å². The quantitative estimate of drug-likeness (QED) is 0.339. The molecule has 3 aromatic rings. The van der Waals surface area contributed by atoms with Crippen LogP contribution in [0.5, 0.6) is 5.75 Å². The Kier molecular flexibility index (Phi) is 6.08. The Morgan fingerprint density at radius 3 is 2.68 bits per heavy atom. The van der Waals surface area contributed by atoms with Crippen molar-refractivity contribution in [3.8, 4) is 5.75 Å². The van der Waals surface area contributed by atoms with Crippen LogP contribution < -0.4 is 10.2 Å². The average molecular weight is 459 g/mol. The maximum atomic E-state index is 11.8. The Morgan fingerprint density at radius 2 is 1.85 bits per heavy atom. The fourth-order valence-electron chi connectivity index (χ4n) is 4.61. The second-order valence-corrected chi connectivity index (χ2v) is 8.36. The molecule has 1 heterocycles. The van der Waals surface area contributed by atoms with Gasteiger partial charge in [-0.1, -0.05) is 30.3 Å². The molecule has 2 aliphatic carbocycles. The van der Waals surface area contributed by atoms with Gasteiger partial charge in [0, 0.05) is 37.6 Å². The number of hydrogen-bond acceptors (Lipinski definition) is 6. The lowest BCUT2D eigenvalue weighted by molar-refractivity contribution is 0.0965. The van der Waals surface area contributed by atoms with Gasteiger partial charge in [0.2, 0.25) is 0 Å². The third-order valence-corrected chi connectivity index (χ3v) is 6.19. The predicted molar refractivity (Wildman–Crippen MR) is 126 cm³/mol. The first-order chi connectivity index (χ1) is 16.6. The first-order valence-corrected chi connectivity index (χ1v) is 11.3. The molecule has 0 radical (unpaired) electrons. The van der Waals surface area contributed by atoms with E-state index < -0.39 is 6.16 Å². The van der Waals surface area contributed by atoms with Gasteiger partial charge in [-0.25, -0.2) is 4.79 Å². The molecule has 0 spiro atoms. The third-order valence-electron chi connectivity index (χ3n) is 6.19. The molecule has 0 unspecified atom stereocenters. The number of hydrogen-bond donors (Lipinski definition) is 1. The van der Waals surface area contributed by atoms with Crippen LogP contribution in [-0.4, -0.2) is 36.4 Å². The van der Waals surface area contributed by atoms with Gasteiger partial charge in [-0.2, -0.15) is 4.73 Å². The number of rotatable bonds is 6. The summed E-state index contributed by atoms with van der Waals surface area (Å²) in [6, 6.07) is 17.8. The topological polar surface area (TPSA) is 82.3 Å². The monoisotopic (exact) mass is 458 g/mol. The van der Waals surface area contributed by atoms with Gasteiger partial charge in [0.25, 0.3) is 0 Å². The first-order valence-electron chi connectivity index (χ1n) is 11.3. The molecule has 2 aromatic carbocycles. The highest BCUT2D eigenvalue weighted by Gasteiger charge is 2.30. The lowest BCUT2D eigenvalue weighted by Crippen LogP contribution is -2.17. The number of benzene rings is 2. The zero-order valence-corrected chi connectivity index (χ0v) is 19.0. The van der Waals surface area contributed by atoms with Crippen molar-refractivity contribution in [2.45, 2.75) is 25.7 Å². The highest BCUT2D eigenvalue weighted by Crippen LogP contribution is 2.42. The summed E-state index contributed by atoms with van der Waals surface area (Å²) in [5.41, 5.74) is 7.60. The fraction of sp³-hybridized carbons (Fsp3) is 0.259. The summed E-state index contributed by atoms with van der Waals surface area (Å²) in [5.74, 6) is 1.50. The molecule has 0 aliphatic heterocycles. The van der Waals surface area contributed by atoms with Gasteiger partial charge in [-0.05, 0) is 58.5 Å². The number of carbonyl (C=O) groups excluding carboxylic acids is 1. The van der Waals surface area contributed by atoms with E-state index in [2.05, 4.69) is 35.3 Å². The van der Waals surface area contributed by atoms with E-state index in [1.54, 1.807) is 18.3 Å². The van der Waals surface area contributed by atoms with E-state index in [1.807, 2.05) is 12.1 Å². The third kappa shape index (κ3) is 4.41. The second-order valence-electron chi connectivity index (χ2n) is 8.36. The molecule has 0 atom stereocenters. The summed E-state index contributed by atoms with van der Waals surface area (Å²) in [6.07, 6.45) is 3.70. The van der Waals surface area contributed by atoms with Crippen LogP contribution in [0.15, 0.2) is 71.5 Å². The fourth-order valence-corrected chi connectivity index (χ4v) is 4.61. The maximum Gasteiger partial charge on any atom is 0.513 e. The maximum absolute atomic E-state index is 11.8. The molecule has 1 aromatic heterocycles. The Labute approximate surface area is 197 Å². The Hall–Kier alpha value is -4.00. The largest absolute Gasteiger partial charge is 0.513 e. The van der Waals surface area contributed by atoms with E-state index in [4.69, 9.17) is 14.2 Å². The van der Waals surface area contributed by atoms with Gasteiger partial charge in [0.05, 0.1) is 13.7 Å². The number of allylic oxidation sites excluding steroid dienone is 2. The van der Waals surface area contributed by atoms with E-state index in [1.165, 1.54) is 34.9 Å².